The molecule has 0 amide bonds. The van der Waals surface area contributed by atoms with Crippen LogP contribution < -0.4 is 5.73 Å². The maximum atomic E-state index is 12.1. The zero-order valence-corrected chi connectivity index (χ0v) is 10.7. The molecule has 20 heavy (non-hydrogen) atoms. The Morgan fingerprint density at radius 3 is 2.95 bits per heavy atom. The van der Waals surface area contributed by atoms with Gasteiger partial charge >= 0.3 is 0 Å². The van der Waals surface area contributed by atoms with E-state index in [1.54, 1.807) is 0 Å². The first-order valence-corrected chi connectivity index (χ1v) is 6.25. The normalized spacial score (nSPS) is 12.4. The molecular formula is C14H13N5O. The molecule has 6 heteroatoms. The number of H-pyrrole nitrogens is 1. The van der Waals surface area contributed by atoms with Crippen LogP contribution in [0.1, 0.15) is 16.1 Å². The maximum absolute atomic E-state index is 12.1. The van der Waals surface area contributed by atoms with Gasteiger partial charge in [-0.1, -0.05) is 18.2 Å². The Morgan fingerprint density at radius 2 is 2.15 bits per heavy atom. The topological polar surface area (TPSA) is 97.6 Å². The number of para-hydroxylation sites is 1. The molecule has 1 aromatic carbocycles. The minimum atomic E-state index is -0.647. The van der Waals surface area contributed by atoms with Gasteiger partial charge in [0, 0.05) is 17.1 Å². The summed E-state index contributed by atoms with van der Waals surface area (Å²) in [6.45, 7) is 0. The fraction of sp³-hybridized carbons (Fsp3) is 0.143. The third kappa shape index (κ3) is 2.28. The van der Waals surface area contributed by atoms with Crippen LogP contribution in [0.2, 0.25) is 0 Å². The van der Waals surface area contributed by atoms with Crippen molar-refractivity contribution < 1.29 is 4.79 Å². The Kier molecular flexibility index (Phi) is 3.22. The molecule has 3 aromatic rings. The van der Waals surface area contributed by atoms with Crippen LogP contribution >= 0.6 is 0 Å². The SMILES string of the molecule is N[C@@H](Cc1c[nH]c2ccccc12)C(=O)c1ccnnn1. The molecule has 1 atom stereocenters. The Morgan fingerprint density at radius 1 is 1.30 bits per heavy atom. The van der Waals surface area contributed by atoms with Crippen molar-refractivity contribution in [2.75, 3.05) is 0 Å². The second kappa shape index (κ2) is 5.18. The van der Waals surface area contributed by atoms with Crippen molar-refractivity contribution in [1.29, 1.82) is 0 Å². The molecule has 0 radical (unpaired) electrons. The van der Waals surface area contributed by atoms with E-state index in [9.17, 15) is 4.79 Å². The van der Waals surface area contributed by atoms with Crippen LogP contribution in [0.3, 0.4) is 0 Å². The molecule has 0 spiro atoms. The van der Waals surface area contributed by atoms with Gasteiger partial charge in [-0.05, 0) is 29.3 Å². The number of ketones is 1. The molecule has 2 heterocycles. The van der Waals surface area contributed by atoms with E-state index in [0.717, 1.165) is 16.5 Å². The number of rotatable bonds is 4. The molecular weight excluding hydrogens is 254 g/mol. The van der Waals surface area contributed by atoms with Crippen LogP contribution in [0.4, 0.5) is 0 Å². The summed E-state index contributed by atoms with van der Waals surface area (Å²) in [7, 11) is 0. The van der Waals surface area contributed by atoms with E-state index in [-0.39, 0.29) is 11.5 Å². The van der Waals surface area contributed by atoms with Gasteiger partial charge in [-0.3, -0.25) is 4.79 Å². The van der Waals surface area contributed by atoms with E-state index in [4.69, 9.17) is 5.73 Å². The first-order chi connectivity index (χ1) is 9.75. The quantitative estimate of drug-likeness (QED) is 0.690. The van der Waals surface area contributed by atoms with Crippen LogP contribution in [0.25, 0.3) is 10.9 Å². The van der Waals surface area contributed by atoms with Gasteiger partial charge in [-0.15, -0.1) is 10.2 Å². The van der Waals surface area contributed by atoms with Gasteiger partial charge in [0.2, 0.25) is 0 Å². The number of nitrogens with two attached hydrogens (primary N) is 1. The van der Waals surface area contributed by atoms with Crippen LogP contribution in [0.5, 0.6) is 0 Å². The number of nitrogens with zero attached hydrogens (tertiary/aromatic N) is 3. The summed E-state index contributed by atoms with van der Waals surface area (Å²) in [5.74, 6) is -0.231. The summed E-state index contributed by atoms with van der Waals surface area (Å²) in [5.41, 5.74) is 8.27. The van der Waals surface area contributed by atoms with E-state index in [1.165, 1.54) is 12.3 Å². The molecule has 100 valence electrons. The molecule has 0 fully saturated rings. The van der Waals surface area contributed by atoms with Crippen molar-refractivity contribution in [3.8, 4) is 0 Å². The van der Waals surface area contributed by atoms with Crippen molar-refractivity contribution in [1.82, 2.24) is 20.4 Å². The maximum Gasteiger partial charge on any atom is 0.200 e. The summed E-state index contributed by atoms with van der Waals surface area (Å²) in [6, 6.07) is 8.78. The smallest absolute Gasteiger partial charge is 0.200 e. The number of benzene rings is 1. The second-order valence-electron chi connectivity index (χ2n) is 4.54. The number of Topliss-reactive ketones (excluding diaryl/α,β-unsaturated/α-hetero) is 1. The highest BCUT2D eigenvalue weighted by molar-refractivity contribution is 5.98. The van der Waals surface area contributed by atoms with Crippen molar-refractivity contribution >= 4 is 16.7 Å². The Bertz CT molecular complexity index is 737. The number of fused-ring (bicyclic) bond motifs is 1. The van der Waals surface area contributed by atoms with Gasteiger partial charge in [0.15, 0.2) is 5.78 Å². The third-order valence-corrected chi connectivity index (χ3v) is 3.21. The fourth-order valence-electron chi connectivity index (χ4n) is 2.19. The predicted molar refractivity (Wildman–Crippen MR) is 74.1 cm³/mol. The number of carbonyl (C=O) groups is 1. The molecule has 3 N–H and O–H groups in total. The third-order valence-electron chi connectivity index (χ3n) is 3.21. The van der Waals surface area contributed by atoms with E-state index >= 15 is 0 Å². The van der Waals surface area contributed by atoms with Gasteiger partial charge < -0.3 is 10.7 Å². The van der Waals surface area contributed by atoms with Crippen molar-refractivity contribution in [3.05, 3.63) is 54.0 Å². The number of nitrogens with one attached hydrogen (secondary N) is 1. The Balaban J connectivity index is 1.82. The average Bonchev–Trinajstić information content (AvgIpc) is 2.91. The first-order valence-electron chi connectivity index (χ1n) is 6.25. The lowest BCUT2D eigenvalue weighted by Gasteiger charge is -2.08. The number of aromatic amines is 1. The molecule has 2 aromatic heterocycles. The lowest BCUT2D eigenvalue weighted by molar-refractivity contribution is 0.0954. The predicted octanol–water partition coefficient (Wildman–Crippen LogP) is 1.11. The van der Waals surface area contributed by atoms with E-state index in [1.807, 2.05) is 30.5 Å². The molecule has 0 aliphatic rings. The molecule has 0 saturated carbocycles. The molecule has 0 aliphatic carbocycles. The van der Waals surface area contributed by atoms with Gasteiger partial charge in [0.1, 0.15) is 5.69 Å². The lowest BCUT2D eigenvalue weighted by atomic mass is 10.0. The number of hydrogen-bond acceptors (Lipinski definition) is 5. The van der Waals surface area contributed by atoms with E-state index < -0.39 is 6.04 Å². The zero-order chi connectivity index (χ0) is 13.9. The van der Waals surface area contributed by atoms with Crippen LogP contribution in [-0.4, -0.2) is 32.2 Å². The summed E-state index contributed by atoms with van der Waals surface area (Å²) in [5, 5.41) is 11.8. The highest BCUT2D eigenvalue weighted by Crippen LogP contribution is 2.19. The summed E-state index contributed by atoms with van der Waals surface area (Å²) >= 11 is 0. The van der Waals surface area contributed by atoms with Crippen molar-refractivity contribution in [2.24, 2.45) is 5.73 Å². The van der Waals surface area contributed by atoms with Gasteiger partial charge in [0.25, 0.3) is 0 Å². The minimum absolute atomic E-state index is 0.231. The van der Waals surface area contributed by atoms with Gasteiger partial charge in [0.05, 0.1) is 12.2 Å². The molecule has 3 rings (SSSR count). The summed E-state index contributed by atoms with van der Waals surface area (Å²) < 4.78 is 0. The molecule has 0 bridgehead atoms. The highest BCUT2D eigenvalue weighted by Gasteiger charge is 2.19. The van der Waals surface area contributed by atoms with Crippen LogP contribution in [0, 0.1) is 0 Å². The summed E-state index contributed by atoms with van der Waals surface area (Å²) in [6.07, 6.45) is 3.77. The second-order valence-corrected chi connectivity index (χ2v) is 4.54. The van der Waals surface area contributed by atoms with Crippen LogP contribution in [-0.2, 0) is 6.42 Å². The number of carbonyl (C=O) groups excluding carboxylic acids is 1. The van der Waals surface area contributed by atoms with E-state index in [2.05, 4.69) is 20.4 Å². The first kappa shape index (κ1) is 12.4. The molecule has 0 saturated heterocycles. The molecule has 6 nitrogen and oxygen atoms in total. The standard InChI is InChI=1S/C14H13N5O/c15-11(14(20)13-5-6-17-19-18-13)7-9-8-16-12-4-2-1-3-10(9)12/h1-6,8,11,16H,7,15H2/t11-/m0/s1. The van der Waals surface area contributed by atoms with Crippen molar-refractivity contribution in [2.45, 2.75) is 12.5 Å². The molecule has 0 aliphatic heterocycles. The fourth-order valence-corrected chi connectivity index (χ4v) is 2.19. The van der Waals surface area contributed by atoms with E-state index in [0.29, 0.717) is 6.42 Å². The van der Waals surface area contributed by atoms with Gasteiger partial charge in [-0.25, -0.2) is 0 Å². The number of hydrogen-bond donors (Lipinski definition) is 2. The monoisotopic (exact) mass is 267 g/mol. The summed E-state index contributed by atoms with van der Waals surface area (Å²) in [4.78, 5) is 15.3. The minimum Gasteiger partial charge on any atom is -0.361 e. The Labute approximate surface area is 115 Å². The lowest BCUT2D eigenvalue weighted by Crippen LogP contribution is -2.33. The number of aromatic nitrogens is 4. The highest BCUT2D eigenvalue weighted by atomic mass is 16.1. The Hall–Kier alpha value is -2.60. The van der Waals surface area contributed by atoms with Crippen LogP contribution in [0.15, 0.2) is 42.7 Å². The van der Waals surface area contributed by atoms with Crippen molar-refractivity contribution in [3.63, 3.8) is 0 Å². The largest absolute Gasteiger partial charge is 0.361 e. The molecule has 0 unspecified atom stereocenters. The zero-order valence-electron chi connectivity index (χ0n) is 10.7. The van der Waals surface area contributed by atoms with Gasteiger partial charge in [-0.2, -0.15) is 0 Å². The average molecular weight is 267 g/mol.